The fourth-order valence-corrected chi connectivity index (χ4v) is 3.67. The van der Waals surface area contributed by atoms with E-state index in [-0.39, 0.29) is 10.5 Å². The van der Waals surface area contributed by atoms with Gasteiger partial charge in [0, 0.05) is 5.56 Å². The Morgan fingerprint density at radius 2 is 1.78 bits per heavy atom. The first-order valence-electron chi connectivity index (χ1n) is 8.10. The van der Waals surface area contributed by atoms with Crippen molar-refractivity contribution in [2.75, 3.05) is 11.3 Å². The molecule has 0 fully saturated rings. The first-order chi connectivity index (χ1) is 12.5. The molecule has 146 valence electrons. The van der Waals surface area contributed by atoms with Gasteiger partial charge in [-0.05, 0) is 42.7 Å². The first-order valence-corrected chi connectivity index (χ1v) is 9.58. The van der Waals surface area contributed by atoms with Crippen LogP contribution in [0.1, 0.15) is 28.4 Å². The second-order valence-corrected chi connectivity index (χ2v) is 7.58. The van der Waals surface area contributed by atoms with E-state index in [4.69, 9.17) is 0 Å². The predicted molar refractivity (Wildman–Crippen MR) is 96.2 cm³/mol. The van der Waals surface area contributed by atoms with Crippen molar-refractivity contribution in [1.29, 1.82) is 0 Å². The van der Waals surface area contributed by atoms with Gasteiger partial charge in [-0.2, -0.15) is 13.2 Å². The standard InChI is InChI=1S/C18H19F3N2O3S/c1-3-13-7-4-6-12(2)16(13)23-27(25,26)15-9-5-8-14(10-15)17(24)22-11-18(19,20)21/h4-10,23H,3,11H2,1-2H3,(H,22,24). The van der Waals surface area contributed by atoms with Crippen molar-refractivity contribution in [2.45, 2.75) is 31.3 Å². The quantitative estimate of drug-likeness (QED) is 0.777. The molecule has 9 heteroatoms. The molecule has 0 spiro atoms. The number of halogens is 3. The Kier molecular flexibility index (Phi) is 6.15. The van der Waals surface area contributed by atoms with E-state index in [1.165, 1.54) is 18.2 Å². The highest BCUT2D eigenvalue weighted by molar-refractivity contribution is 7.92. The van der Waals surface area contributed by atoms with Crippen molar-refractivity contribution in [2.24, 2.45) is 0 Å². The zero-order valence-electron chi connectivity index (χ0n) is 14.7. The van der Waals surface area contributed by atoms with Crippen molar-refractivity contribution in [3.63, 3.8) is 0 Å². The van der Waals surface area contributed by atoms with Crippen molar-refractivity contribution in [3.8, 4) is 0 Å². The number of anilines is 1. The van der Waals surface area contributed by atoms with E-state index in [9.17, 15) is 26.4 Å². The van der Waals surface area contributed by atoms with Crippen LogP contribution in [0.4, 0.5) is 18.9 Å². The van der Waals surface area contributed by atoms with Gasteiger partial charge in [-0.15, -0.1) is 0 Å². The minimum atomic E-state index is -4.55. The van der Waals surface area contributed by atoms with E-state index in [0.29, 0.717) is 12.1 Å². The lowest BCUT2D eigenvalue weighted by Crippen LogP contribution is -2.33. The summed E-state index contributed by atoms with van der Waals surface area (Å²) in [5.41, 5.74) is 1.81. The Morgan fingerprint density at radius 3 is 2.41 bits per heavy atom. The van der Waals surface area contributed by atoms with Gasteiger partial charge in [-0.25, -0.2) is 8.42 Å². The van der Waals surface area contributed by atoms with E-state index in [0.717, 1.165) is 17.2 Å². The number of hydrogen-bond donors (Lipinski definition) is 2. The van der Waals surface area contributed by atoms with Gasteiger partial charge in [0.05, 0.1) is 10.6 Å². The zero-order valence-corrected chi connectivity index (χ0v) is 15.5. The Hall–Kier alpha value is -2.55. The van der Waals surface area contributed by atoms with Gasteiger partial charge in [-0.1, -0.05) is 31.2 Å². The molecule has 2 aromatic carbocycles. The third-order valence-electron chi connectivity index (χ3n) is 3.83. The molecule has 5 nitrogen and oxygen atoms in total. The number of alkyl halides is 3. The molecule has 0 saturated carbocycles. The lowest BCUT2D eigenvalue weighted by molar-refractivity contribution is -0.123. The summed E-state index contributed by atoms with van der Waals surface area (Å²) < 4.78 is 64.6. The molecule has 0 aliphatic rings. The Morgan fingerprint density at radius 1 is 1.11 bits per heavy atom. The monoisotopic (exact) mass is 400 g/mol. The fourth-order valence-electron chi connectivity index (χ4n) is 2.45. The number of rotatable bonds is 6. The van der Waals surface area contributed by atoms with Crippen LogP contribution in [0.15, 0.2) is 47.4 Å². The van der Waals surface area contributed by atoms with Gasteiger partial charge in [0.2, 0.25) is 0 Å². The maximum atomic E-state index is 12.7. The van der Waals surface area contributed by atoms with E-state index in [1.807, 2.05) is 13.0 Å². The van der Waals surface area contributed by atoms with Gasteiger partial charge in [0.25, 0.3) is 15.9 Å². The number of para-hydroxylation sites is 1. The number of nitrogens with one attached hydrogen (secondary N) is 2. The van der Waals surface area contributed by atoms with E-state index in [1.54, 1.807) is 24.4 Å². The molecular formula is C18H19F3N2O3S. The summed E-state index contributed by atoms with van der Waals surface area (Å²) >= 11 is 0. The average Bonchev–Trinajstić information content (AvgIpc) is 2.60. The summed E-state index contributed by atoms with van der Waals surface area (Å²) in [5, 5.41) is 1.72. The normalized spacial score (nSPS) is 11.9. The predicted octanol–water partition coefficient (Wildman–Crippen LogP) is 3.65. The van der Waals surface area contributed by atoms with Crippen LogP contribution < -0.4 is 10.0 Å². The molecule has 0 heterocycles. The summed E-state index contributed by atoms with van der Waals surface area (Å²) in [4.78, 5) is 11.6. The van der Waals surface area contributed by atoms with Gasteiger partial charge in [0.1, 0.15) is 6.54 Å². The van der Waals surface area contributed by atoms with Crippen molar-refractivity contribution < 1.29 is 26.4 Å². The van der Waals surface area contributed by atoms with Crippen molar-refractivity contribution >= 4 is 21.6 Å². The van der Waals surface area contributed by atoms with E-state index >= 15 is 0 Å². The largest absolute Gasteiger partial charge is 0.405 e. The first kappa shape index (κ1) is 20.8. The van der Waals surface area contributed by atoms with Crippen LogP contribution in [0.3, 0.4) is 0 Å². The SMILES string of the molecule is CCc1cccc(C)c1NS(=O)(=O)c1cccc(C(=O)NCC(F)(F)F)c1. The minimum absolute atomic E-state index is 0.178. The number of carbonyl (C=O) groups excluding carboxylic acids is 1. The molecule has 0 aliphatic heterocycles. The summed E-state index contributed by atoms with van der Waals surface area (Å²) in [7, 11) is -4.02. The zero-order chi connectivity index (χ0) is 20.2. The minimum Gasteiger partial charge on any atom is -0.343 e. The second-order valence-electron chi connectivity index (χ2n) is 5.89. The molecule has 0 radical (unpaired) electrons. The van der Waals surface area contributed by atoms with Gasteiger partial charge in [0.15, 0.2) is 0 Å². The van der Waals surface area contributed by atoms with Crippen LogP contribution in [0.2, 0.25) is 0 Å². The molecule has 0 unspecified atom stereocenters. The number of amides is 1. The number of sulfonamides is 1. The Bertz CT molecular complexity index is 941. The summed E-state index contributed by atoms with van der Waals surface area (Å²) in [6.45, 7) is 2.15. The van der Waals surface area contributed by atoms with Gasteiger partial charge < -0.3 is 5.32 Å². The third-order valence-corrected chi connectivity index (χ3v) is 5.18. The molecule has 2 N–H and O–H groups in total. The highest BCUT2D eigenvalue weighted by Crippen LogP contribution is 2.25. The molecule has 0 aromatic heterocycles. The third kappa shape index (κ3) is 5.46. The Balaban J connectivity index is 2.29. The summed E-state index contributed by atoms with van der Waals surface area (Å²) in [5.74, 6) is -1.01. The molecule has 2 rings (SSSR count). The van der Waals surface area contributed by atoms with E-state index < -0.39 is 28.7 Å². The molecule has 1 amide bonds. The number of aryl methyl sites for hydroxylation is 2. The molecule has 2 aromatic rings. The van der Waals surface area contributed by atoms with E-state index in [2.05, 4.69) is 4.72 Å². The number of hydrogen-bond acceptors (Lipinski definition) is 3. The molecule has 0 atom stereocenters. The molecule has 0 aliphatic carbocycles. The van der Waals surface area contributed by atoms with Crippen LogP contribution in [0.25, 0.3) is 0 Å². The molecule has 27 heavy (non-hydrogen) atoms. The highest BCUT2D eigenvalue weighted by Gasteiger charge is 2.28. The number of benzene rings is 2. The maximum absolute atomic E-state index is 12.7. The maximum Gasteiger partial charge on any atom is 0.405 e. The average molecular weight is 400 g/mol. The van der Waals surface area contributed by atoms with Gasteiger partial charge in [-0.3, -0.25) is 9.52 Å². The molecular weight excluding hydrogens is 381 g/mol. The molecule has 0 bridgehead atoms. The van der Waals surface area contributed by atoms with Gasteiger partial charge >= 0.3 is 6.18 Å². The summed E-state index contributed by atoms with van der Waals surface area (Å²) in [6.07, 6.45) is -3.94. The number of carbonyl (C=O) groups is 1. The topological polar surface area (TPSA) is 75.3 Å². The van der Waals surface area contributed by atoms with Crippen molar-refractivity contribution in [1.82, 2.24) is 5.32 Å². The van der Waals surface area contributed by atoms with Crippen LogP contribution in [0.5, 0.6) is 0 Å². The second kappa shape index (κ2) is 7.99. The lowest BCUT2D eigenvalue weighted by atomic mass is 10.1. The lowest BCUT2D eigenvalue weighted by Gasteiger charge is -2.15. The fraction of sp³-hybridized carbons (Fsp3) is 0.278. The van der Waals surface area contributed by atoms with Crippen LogP contribution in [-0.2, 0) is 16.4 Å². The van der Waals surface area contributed by atoms with Crippen LogP contribution in [0, 0.1) is 6.92 Å². The Labute approximate surface area is 155 Å². The summed E-state index contributed by atoms with van der Waals surface area (Å²) in [6, 6.07) is 10.2. The smallest absolute Gasteiger partial charge is 0.343 e. The van der Waals surface area contributed by atoms with Crippen LogP contribution >= 0.6 is 0 Å². The van der Waals surface area contributed by atoms with Crippen molar-refractivity contribution in [3.05, 3.63) is 59.2 Å². The highest BCUT2D eigenvalue weighted by atomic mass is 32.2. The van der Waals surface area contributed by atoms with Crippen LogP contribution in [-0.4, -0.2) is 27.0 Å². The molecule has 0 saturated heterocycles.